The van der Waals surface area contributed by atoms with E-state index in [2.05, 4.69) is 0 Å². The number of carbonyl (C=O) groups is 1. The van der Waals surface area contributed by atoms with Gasteiger partial charge in [-0.1, -0.05) is 0 Å². The van der Waals surface area contributed by atoms with Crippen molar-refractivity contribution >= 4 is 5.78 Å². The quantitative estimate of drug-likeness (QED) is 0.772. The third kappa shape index (κ3) is 1.54. The third-order valence-electron chi connectivity index (χ3n) is 5.09. The zero-order valence-electron chi connectivity index (χ0n) is 9.46. The van der Waals surface area contributed by atoms with Gasteiger partial charge < -0.3 is 5.11 Å². The number of hydrogen-bond acceptors (Lipinski definition) is 2. The lowest BCUT2D eigenvalue weighted by Gasteiger charge is -2.26. The smallest absolute Gasteiger partial charge is 0.133 e. The highest BCUT2D eigenvalue weighted by Gasteiger charge is 2.56. The number of aliphatic hydroxyl groups is 1. The van der Waals surface area contributed by atoms with E-state index in [0.29, 0.717) is 23.0 Å². The molecule has 0 aromatic carbocycles. The minimum Gasteiger partial charge on any atom is -0.390 e. The van der Waals surface area contributed by atoms with E-state index in [-0.39, 0.29) is 5.60 Å². The van der Waals surface area contributed by atoms with Gasteiger partial charge in [-0.3, -0.25) is 4.79 Å². The first kappa shape index (κ1) is 9.83. The number of rotatable bonds is 3. The molecule has 2 nitrogen and oxygen atoms in total. The van der Waals surface area contributed by atoms with Crippen molar-refractivity contribution in [3.8, 4) is 0 Å². The van der Waals surface area contributed by atoms with Crippen molar-refractivity contribution < 1.29 is 9.90 Å². The molecule has 3 fully saturated rings. The number of Topliss-reactive ketones (excluding diaryl/α,β-unsaturated/α-hetero) is 1. The summed E-state index contributed by atoms with van der Waals surface area (Å²) in [4.78, 5) is 11.2. The van der Waals surface area contributed by atoms with Gasteiger partial charge in [-0.25, -0.2) is 0 Å². The molecule has 3 aliphatic rings. The van der Waals surface area contributed by atoms with Crippen LogP contribution in [0.25, 0.3) is 0 Å². The third-order valence-corrected chi connectivity index (χ3v) is 5.09. The molecule has 1 N–H and O–H groups in total. The fourth-order valence-electron chi connectivity index (χ4n) is 4.10. The van der Waals surface area contributed by atoms with E-state index in [0.717, 1.165) is 25.7 Å². The second-order valence-electron chi connectivity index (χ2n) is 6.32. The standard InChI is InChI=1S/C13H20O2/c1-9(14)11-6-10(11)7-12-2-4-13(15,8-12)5-3-12/h10-11,15H,2-8H2,1H3. The molecule has 2 heteroatoms. The van der Waals surface area contributed by atoms with Crippen LogP contribution < -0.4 is 0 Å². The summed E-state index contributed by atoms with van der Waals surface area (Å²) in [6, 6.07) is 0. The average molecular weight is 208 g/mol. The molecule has 2 unspecified atom stereocenters. The van der Waals surface area contributed by atoms with E-state index in [9.17, 15) is 9.90 Å². The molecular formula is C13H20O2. The van der Waals surface area contributed by atoms with Gasteiger partial charge in [0.1, 0.15) is 5.78 Å². The summed E-state index contributed by atoms with van der Waals surface area (Å²) in [6.45, 7) is 1.72. The first-order valence-corrected chi connectivity index (χ1v) is 6.25. The molecule has 0 aromatic heterocycles. The van der Waals surface area contributed by atoms with Gasteiger partial charge in [0.15, 0.2) is 0 Å². The van der Waals surface area contributed by atoms with Crippen LogP contribution in [0.4, 0.5) is 0 Å². The van der Waals surface area contributed by atoms with Crippen LogP contribution in [0.1, 0.15) is 51.9 Å². The summed E-state index contributed by atoms with van der Waals surface area (Å²) in [5, 5.41) is 10.1. The Kier molecular flexibility index (Phi) is 1.87. The van der Waals surface area contributed by atoms with E-state index in [1.54, 1.807) is 6.92 Å². The zero-order chi connectivity index (χ0) is 10.7. The van der Waals surface area contributed by atoms with Gasteiger partial charge in [0.05, 0.1) is 5.60 Å². The molecule has 3 saturated carbocycles. The summed E-state index contributed by atoms with van der Waals surface area (Å²) in [7, 11) is 0. The second-order valence-corrected chi connectivity index (χ2v) is 6.32. The Morgan fingerprint density at radius 1 is 1.33 bits per heavy atom. The molecule has 2 atom stereocenters. The monoisotopic (exact) mass is 208 g/mol. The topological polar surface area (TPSA) is 37.3 Å². The van der Waals surface area contributed by atoms with Crippen molar-refractivity contribution in [1.29, 1.82) is 0 Å². The van der Waals surface area contributed by atoms with E-state index in [1.165, 1.54) is 19.3 Å². The predicted octanol–water partition coefficient (Wildman–Crippen LogP) is 2.30. The van der Waals surface area contributed by atoms with Crippen molar-refractivity contribution in [3.63, 3.8) is 0 Å². The minimum absolute atomic E-state index is 0.319. The molecule has 0 saturated heterocycles. The van der Waals surface area contributed by atoms with Crippen molar-refractivity contribution in [2.45, 2.75) is 57.5 Å². The highest BCUT2D eigenvalue weighted by molar-refractivity contribution is 5.81. The van der Waals surface area contributed by atoms with Gasteiger partial charge in [0.25, 0.3) is 0 Å². The van der Waals surface area contributed by atoms with Gasteiger partial charge in [0, 0.05) is 5.92 Å². The highest BCUT2D eigenvalue weighted by Crippen LogP contribution is 2.62. The summed E-state index contributed by atoms with van der Waals surface area (Å²) in [5.74, 6) is 1.40. The lowest BCUT2D eigenvalue weighted by Crippen LogP contribution is -2.20. The van der Waals surface area contributed by atoms with E-state index in [4.69, 9.17) is 0 Å². The molecule has 0 radical (unpaired) electrons. The predicted molar refractivity (Wildman–Crippen MR) is 57.4 cm³/mol. The van der Waals surface area contributed by atoms with Gasteiger partial charge in [-0.15, -0.1) is 0 Å². The molecule has 0 spiro atoms. The van der Waals surface area contributed by atoms with Crippen LogP contribution in [-0.4, -0.2) is 16.5 Å². The Balaban J connectivity index is 1.63. The Morgan fingerprint density at radius 3 is 2.40 bits per heavy atom. The molecule has 0 heterocycles. The lowest BCUT2D eigenvalue weighted by molar-refractivity contribution is -0.118. The maximum atomic E-state index is 11.2. The van der Waals surface area contributed by atoms with Crippen molar-refractivity contribution in [2.24, 2.45) is 17.3 Å². The number of fused-ring (bicyclic) bond motifs is 2. The van der Waals surface area contributed by atoms with Gasteiger partial charge >= 0.3 is 0 Å². The van der Waals surface area contributed by atoms with Crippen LogP contribution in [0.5, 0.6) is 0 Å². The average Bonchev–Trinajstić information content (AvgIpc) is 2.73. The Labute approximate surface area is 91.1 Å². The zero-order valence-corrected chi connectivity index (χ0v) is 9.46. The lowest BCUT2D eigenvalue weighted by atomic mass is 9.79. The Hall–Kier alpha value is -0.370. The molecule has 3 rings (SSSR count). The highest BCUT2D eigenvalue weighted by atomic mass is 16.3. The van der Waals surface area contributed by atoms with E-state index < -0.39 is 0 Å². The summed E-state index contributed by atoms with van der Waals surface area (Å²) < 4.78 is 0. The molecule has 0 aromatic rings. The molecule has 15 heavy (non-hydrogen) atoms. The summed E-state index contributed by atoms with van der Waals surface area (Å²) >= 11 is 0. The Bertz CT molecular complexity index is 300. The van der Waals surface area contributed by atoms with Crippen molar-refractivity contribution in [2.75, 3.05) is 0 Å². The minimum atomic E-state index is -0.319. The maximum Gasteiger partial charge on any atom is 0.133 e. The largest absolute Gasteiger partial charge is 0.390 e. The van der Waals surface area contributed by atoms with Crippen LogP contribution >= 0.6 is 0 Å². The molecule has 3 aliphatic carbocycles. The van der Waals surface area contributed by atoms with E-state index >= 15 is 0 Å². The molecule has 0 aliphatic heterocycles. The summed E-state index contributed by atoms with van der Waals surface area (Å²) in [6.07, 6.45) is 7.75. The molecule has 2 bridgehead atoms. The first-order valence-electron chi connectivity index (χ1n) is 6.25. The van der Waals surface area contributed by atoms with Crippen LogP contribution in [0.3, 0.4) is 0 Å². The number of hydrogen-bond donors (Lipinski definition) is 1. The molecular weight excluding hydrogens is 188 g/mol. The van der Waals surface area contributed by atoms with Crippen LogP contribution in [0.2, 0.25) is 0 Å². The maximum absolute atomic E-state index is 11.2. The second kappa shape index (κ2) is 2.85. The summed E-state index contributed by atoms with van der Waals surface area (Å²) in [5.41, 5.74) is 0.101. The number of carbonyl (C=O) groups excluding carboxylic acids is 1. The fraction of sp³-hybridized carbons (Fsp3) is 0.923. The van der Waals surface area contributed by atoms with Gasteiger partial charge in [-0.05, 0) is 63.2 Å². The van der Waals surface area contributed by atoms with Crippen LogP contribution in [-0.2, 0) is 4.79 Å². The van der Waals surface area contributed by atoms with Crippen molar-refractivity contribution in [3.05, 3.63) is 0 Å². The fourth-order valence-corrected chi connectivity index (χ4v) is 4.10. The van der Waals surface area contributed by atoms with Gasteiger partial charge in [0.2, 0.25) is 0 Å². The van der Waals surface area contributed by atoms with Crippen molar-refractivity contribution in [1.82, 2.24) is 0 Å². The van der Waals surface area contributed by atoms with Crippen LogP contribution in [0.15, 0.2) is 0 Å². The number of ketones is 1. The molecule has 0 amide bonds. The SMILES string of the molecule is CC(=O)C1CC1CC12CCC(O)(CC1)C2. The first-order chi connectivity index (χ1) is 7.02. The van der Waals surface area contributed by atoms with E-state index in [1.807, 2.05) is 0 Å². The normalized spacial score (nSPS) is 52.1. The Morgan fingerprint density at radius 2 is 2.00 bits per heavy atom. The van der Waals surface area contributed by atoms with Crippen LogP contribution in [0, 0.1) is 17.3 Å². The van der Waals surface area contributed by atoms with Gasteiger partial charge in [-0.2, -0.15) is 0 Å². The molecule has 84 valence electrons.